The lowest BCUT2D eigenvalue weighted by Crippen LogP contribution is -2.27. The Morgan fingerprint density at radius 3 is 2.64 bits per heavy atom. The van der Waals surface area contributed by atoms with Crippen LogP contribution in [0.15, 0.2) is 25.3 Å². The van der Waals surface area contributed by atoms with Gasteiger partial charge in [0.15, 0.2) is 6.10 Å². The predicted octanol–water partition coefficient (Wildman–Crippen LogP) is 0.669. The van der Waals surface area contributed by atoms with E-state index in [0.717, 1.165) is 0 Å². The molecule has 4 heteroatoms. The SMILES string of the molecule is C=CCOC(=O)C(CC=C)OCCO. The van der Waals surface area contributed by atoms with Crippen LogP contribution in [0.5, 0.6) is 0 Å². The summed E-state index contributed by atoms with van der Waals surface area (Å²) in [7, 11) is 0. The molecule has 14 heavy (non-hydrogen) atoms. The van der Waals surface area contributed by atoms with Gasteiger partial charge in [0.1, 0.15) is 6.61 Å². The van der Waals surface area contributed by atoms with Crippen molar-refractivity contribution in [1.82, 2.24) is 0 Å². The minimum Gasteiger partial charge on any atom is -0.460 e. The maximum absolute atomic E-state index is 11.3. The van der Waals surface area contributed by atoms with Crippen LogP contribution in [-0.4, -0.2) is 37.0 Å². The summed E-state index contributed by atoms with van der Waals surface area (Å²) in [6.07, 6.45) is 2.74. The molecular formula is C10H16O4. The van der Waals surface area contributed by atoms with Gasteiger partial charge < -0.3 is 14.6 Å². The van der Waals surface area contributed by atoms with Crippen LogP contribution >= 0.6 is 0 Å². The lowest BCUT2D eigenvalue weighted by molar-refractivity contribution is -0.156. The molecule has 0 aromatic carbocycles. The highest BCUT2D eigenvalue weighted by molar-refractivity contribution is 5.75. The first-order valence-corrected chi connectivity index (χ1v) is 4.37. The third-order valence-electron chi connectivity index (χ3n) is 1.40. The Balaban J connectivity index is 3.95. The highest BCUT2D eigenvalue weighted by Crippen LogP contribution is 2.02. The molecule has 0 spiro atoms. The molecule has 0 radical (unpaired) electrons. The number of carbonyl (C=O) groups is 1. The lowest BCUT2D eigenvalue weighted by Gasteiger charge is -2.13. The zero-order valence-electron chi connectivity index (χ0n) is 8.15. The molecule has 0 rings (SSSR count). The number of hydrogen-bond donors (Lipinski definition) is 1. The second kappa shape index (κ2) is 8.47. The first-order valence-electron chi connectivity index (χ1n) is 4.37. The largest absolute Gasteiger partial charge is 0.460 e. The van der Waals surface area contributed by atoms with E-state index in [-0.39, 0.29) is 19.8 Å². The van der Waals surface area contributed by atoms with E-state index in [0.29, 0.717) is 6.42 Å². The van der Waals surface area contributed by atoms with Gasteiger partial charge in [-0.2, -0.15) is 0 Å². The summed E-state index contributed by atoms with van der Waals surface area (Å²) in [6, 6.07) is 0. The van der Waals surface area contributed by atoms with E-state index in [1.165, 1.54) is 6.08 Å². The summed E-state index contributed by atoms with van der Waals surface area (Å²) in [5, 5.41) is 8.52. The zero-order chi connectivity index (χ0) is 10.8. The quantitative estimate of drug-likeness (QED) is 0.462. The van der Waals surface area contributed by atoms with Crippen molar-refractivity contribution in [3.05, 3.63) is 25.3 Å². The van der Waals surface area contributed by atoms with Gasteiger partial charge in [0.25, 0.3) is 0 Å². The van der Waals surface area contributed by atoms with Crippen LogP contribution in [-0.2, 0) is 14.3 Å². The Bertz CT molecular complexity index is 189. The summed E-state index contributed by atoms with van der Waals surface area (Å²) >= 11 is 0. The maximum Gasteiger partial charge on any atom is 0.335 e. The molecular weight excluding hydrogens is 184 g/mol. The van der Waals surface area contributed by atoms with Crippen molar-refractivity contribution in [1.29, 1.82) is 0 Å². The Kier molecular flexibility index (Phi) is 7.78. The van der Waals surface area contributed by atoms with Crippen molar-refractivity contribution in [3.8, 4) is 0 Å². The van der Waals surface area contributed by atoms with Gasteiger partial charge in [-0.05, 0) is 0 Å². The van der Waals surface area contributed by atoms with Crippen LogP contribution in [0.25, 0.3) is 0 Å². The molecule has 0 amide bonds. The van der Waals surface area contributed by atoms with Crippen molar-refractivity contribution in [2.45, 2.75) is 12.5 Å². The maximum atomic E-state index is 11.3. The van der Waals surface area contributed by atoms with Crippen molar-refractivity contribution >= 4 is 5.97 Å². The minimum absolute atomic E-state index is 0.113. The van der Waals surface area contributed by atoms with Crippen LogP contribution in [0.4, 0.5) is 0 Å². The molecule has 1 N–H and O–H groups in total. The number of hydrogen-bond acceptors (Lipinski definition) is 4. The molecule has 0 aromatic heterocycles. The lowest BCUT2D eigenvalue weighted by atomic mass is 10.2. The van der Waals surface area contributed by atoms with E-state index >= 15 is 0 Å². The number of rotatable bonds is 8. The minimum atomic E-state index is -0.681. The van der Waals surface area contributed by atoms with Gasteiger partial charge >= 0.3 is 5.97 Å². The fourth-order valence-corrected chi connectivity index (χ4v) is 0.813. The molecule has 0 saturated heterocycles. The number of aliphatic hydroxyl groups excluding tert-OH is 1. The van der Waals surface area contributed by atoms with Gasteiger partial charge in [-0.15, -0.1) is 6.58 Å². The van der Waals surface area contributed by atoms with E-state index < -0.39 is 12.1 Å². The molecule has 1 atom stereocenters. The highest BCUT2D eigenvalue weighted by Gasteiger charge is 2.18. The number of aliphatic hydroxyl groups is 1. The van der Waals surface area contributed by atoms with Gasteiger partial charge in [-0.3, -0.25) is 0 Å². The molecule has 80 valence electrons. The van der Waals surface area contributed by atoms with E-state index in [9.17, 15) is 4.79 Å². The topological polar surface area (TPSA) is 55.8 Å². The first-order chi connectivity index (χ1) is 6.76. The molecule has 4 nitrogen and oxygen atoms in total. The van der Waals surface area contributed by atoms with E-state index in [2.05, 4.69) is 13.2 Å². The standard InChI is InChI=1S/C10H16O4/c1-3-5-9(13-8-6-11)10(12)14-7-4-2/h3-4,9,11H,1-2,5-8H2. The second-order valence-corrected chi connectivity index (χ2v) is 2.53. The van der Waals surface area contributed by atoms with Crippen LogP contribution in [0.2, 0.25) is 0 Å². The molecule has 0 aliphatic heterocycles. The zero-order valence-corrected chi connectivity index (χ0v) is 8.15. The molecule has 0 bridgehead atoms. The van der Waals surface area contributed by atoms with Gasteiger partial charge in [0.05, 0.1) is 13.2 Å². The average Bonchev–Trinajstić information content (AvgIpc) is 2.20. The predicted molar refractivity (Wildman–Crippen MR) is 52.8 cm³/mol. The summed E-state index contributed by atoms with van der Waals surface area (Å²) in [4.78, 5) is 11.3. The molecule has 0 aromatic rings. The van der Waals surface area contributed by atoms with Crippen molar-refractivity contribution < 1.29 is 19.4 Å². The van der Waals surface area contributed by atoms with Gasteiger partial charge in [0, 0.05) is 6.42 Å². The van der Waals surface area contributed by atoms with E-state index in [4.69, 9.17) is 14.6 Å². The smallest absolute Gasteiger partial charge is 0.335 e. The highest BCUT2D eigenvalue weighted by atomic mass is 16.6. The molecule has 0 aliphatic rings. The average molecular weight is 200 g/mol. The van der Waals surface area contributed by atoms with Crippen LogP contribution in [0.1, 0.15) is 6.42 Å². The van der Waals surface area contributed by atoms with Crippen molar-refractivity contribution in [2.24, 2.45) is 0 Å². The summed E-state index contributed by atoms with van der Waals surface area (Å²) < 4.78 is 9.85. The van der Waals surface area contributed by atoms with Gasteiger partial charge in [-0.25, -0.2) is 4.79 Å². The fraction of sp³-hybridized carbons (Fsp3) is 0.500. The Morgan fingerprint density at radius 1 is 1.43 bits per heavy atom. The van der Waals surface area contributed by atoms with Crippen molar-refractivity contribution in [2.75, 3.05) is 19.8 Å². The van der Waals surface area contributed by atoms with Crippen molar-refractivity contribution in [3.63, 3.8) is 0 Å². The third kappa shape index (κ3) is 5.50. The Morgan fingerprint density at radius 2 is 2.14 bits per heavy atom. The second-order valence-electron chi connectivity index (χ2n) is 2.53. The van der Waals surface area contributed by atoms with Crippen LogP contribution < -0.4 is 0 Å². The van der Waals surface area contributed by atoms with Gasteiger partial charge in [0.2, 0.25) is 0 Å². The molecule has 0 aliphatic carbocycles. The van der Waals surface area contributed by atoms with E-state index in [1.54, 1.807) is 6.08 Å². The number of esters is 1. The summed E-state index contributed by atoms with van der Waals surface area (Å²) in [6.45, 7) is 7.07. The van der Waals surface area contributed by atoms with E-state index in [1.807, 2.05) is 0 Å². The first kappa shape index (κ1) is 12.9. The molecule has 1 unspecified atom stereocenters. The normalized spacial score (nSPS) is 11.8. The number of ether oxygens (including phenoxy) is 2. The fourth-order valence-electron chi connectivity index (χ4n) is 0.813. The van der Waals surface area contributed by atoms with Crippen LogP contribution in [0.3, 0.4) is 0 Å². The summed E-state index contributed by atoms with van der Waals surface area (Å²) in [5.41, 5.74) is 0. The summed E-state index contributed by atoms with van der Waals surface area (Å²) in [5.74, 6) is -0.460. The number of carbonyl (C=O) groups excluding carboxylic acids is 1. The monoisotopic (exact) mass is 200 g/mol. The molecule has 0 heterocycles. The van der Waals surface area contributed by atoms with Gasteiger partial charge in [-0.1, -0.05) is 18.7 Å². The molecule has 0 saturated carbocycles. The van der Waals surface area contributed by atoms with Crippen LogP contribution in [0, 0.1) is 0 Å². The Hall–Kier alpha value is -1.13. The Labute approximate surface area is 83.8 Å². The molecule has 0 fully saturated rings. The third-order valence-corrected chi connectivity index (χ3v) is 1.40.